The van der Waals surface area contributed by atoms with E-state index in [1.807, 2.05) is 12.1 Å². The van der Waals surface area contributed by atoms with Crippen LogP contribution in [-0.4, -0.2) is 29.6 Å². The molecule has 2 N–H and O–H groups in total. The van der Waals surface area contributed by atoms with Gasteiger partial charge >= 0.3 is 0 Å². The van der Waals surface area contributed by atoms with E-state index in [2.05, 4.69) is 24.8 Å². The van der Waals surface area contributed by atoms with Crippen LogP contribution >= 0.6 is 12.2 Å². The molecule has 2 atom stereocenters. The van der Waals surface area contributed by atoms with Crippen molar-refractivity contribution in [3.63, 3.8) is 0 Å². The highest BCUT2D eigenvalue weighted by Gasteiger charge is 2.25. The summed E-state index contributed by atoms with van der Waals surface area (Å²) in [4.78, 5) is 2.89. The van der Waals surface area contributed by atoms with Crippen LogP contribution in [0.3, 0.4) is 0 Å². The Morgan fingerprint density at radius 1 is 1.47 bits per heavy atom. The van der Waals surface area contributed by atoms with Crippen LogP contribution in [0, 0.1) is 5.92 Å². The van der Waals surface area contributed by atoms with Crippen molar-refractivity contribution in [2.45, 2.75) is 32.9 Å². The van der Waals surface area contributed by atoms with Crippen molar-refractivity contribution in [1.82, 2.24) is 4.90 Å². The maximum atomic E-state index is 5.69. The van der Waals surface area contributed by atoms with Crippen LogP contribution in [0.25, 0.3) is 0 Å². The maximum Gasteiger partial charge on any atom is 0.129 e. The summed E-state index contributed by atoms with van der Waals surface area (Å²) in [5, 5.41) is 0. The van der Waals surface area contributed by atoms with E-state index in [0.717, 1.165) is 23.8 Å². The Bertz CT molecular complexity index is 475. The molecule has 1 aromatic rings. The summed E-state index contributed by atoms with van der Waals surface area (Å²) >= 11 is 5.02. The Morgan fingerprint density at radius 3 is 2.74 bits per heavy atom. The molecular formula is C15H22N2OS. The van der Waals surface area contributed by atoms with E-state index in [1.165, 1.54) is 18.5 Å². The normalized spacial score (nSPS) is 23.5. The van der Waals surface area contributed by atoms with Crippen LogP contribution in [0.4, 0.5) is 0 Å². The summed E-state index contributed by atoms with van der Waals surface area (Å²) in [6.45, 7) is 6.73. The minimum Gasteiger partial charge on any atom is -0.496 e. The number of benzene rings is 1. The van der Waals surface area contributed by atoms with E-state index in [9.17, 15) is 0 Å². The Hall–Kier alpha value is -1.13. The third-order valence-corrected chi connectivity index (χ3v) is 4.05. The molecule has 2 unspecified atom stereocenters. The number of likely N-dealkylation sites (tertiary alicyclic amines) is 1. The molecule has 0 aliphatic carbocycles. The molecule has 0 amide bonds. The molecule has 0 aromatic heterocycles. The van der Waals surface area contributed by atoms with Crippen molar-refractivity contribution < 1.29 is 4.74 Å². The van der Waals surface area contributed by atoms with Gasteiger partial charge in [0.15, 0.2) is 0 Å². The number of methoxy groups -OCH3 is 1. The first kappa shape index (κ1) is 14.3. The number of hydrogen-bond donors (Lipinski definition) is 1. The molecule has 1 aliphatic rings. The number of nitrogens with zero attached hydrogens (tertiary/aromatic N) is 1. The largest absolute Gasteiger partial charge is 0.496 e. The molecule has 1 saturated heterocycles. The minimum atomic E-state index is 0.381. The number of hydrogen-bond acceptors (Lipinski definition) is 3. The molecular weight excluding hydrogens is 256 g/mol. The molecule has 1 heterocycles. The maximum absolute atomic E-state index is 5.69. The molecule has 104 valence electrons. The van der Waals surface area contributed by atoms with Crippen LogP contribution < -0.4 is 10.5 Å². The molecule has 19 heavy (non-hydrogen) atoms. The molecule has 0 saturated carbocycles. The number of ether oxygens (including phenoxy) is 1. The van der Waals surface area contributed by atoms with E-state index >= 15 is 0 Å². The van der Waals surface area contributed by atoms with Crippen LogP contribution in [0.2, 0.25) is 0 Å². The summed E-state index contributed by atoms with van der Waals surface area (Å²) in [5.74, 6) is 1.55. The van der Waals surface area contributed by atoms with Gasteiger partial charge in [0.25, 0.3) is 0 Å². The average Bonchev–Trinajstić information content (AvgIpc) is 2.67. The number of thiocarbonyl (C=S) groups is 1. The molecule has 1 aromatic carbocycles. The fourth-order valence-electron chi connectivity index (χ4n) is 2.88. The zero-order valence-corrected chi connectivity index (χ0v) is 12.7. The first-order chi connectivity index (χ1) is 9.01. The van der Waals surface area contributed by atoms with E-state index < -0.39 is 0 Å². The van der Waals surface area contributed by atoms with Gasteiger partial charge in [0, 0.05) is 19.1 Å². The van der Waals surface area contributed by atoms with Gasteiger partial charge in [-0.3, -0.25) is 4.90 Å². The molecule has 4 heteroatoms. The summed E-state index contributed by atoms with van der Waals surface area (Å²) < 4.78 is 5.37. The predicted octanol–water partition coefficient (Wildman–Crippen LogP) is 2.56. The fraction of sp³-hybridized carbons (Fsp3) is 0.533. The van der Waals surface area contributed by atoms with Crippen LogP contribution in [0.5, 0.6) is 5.75 Å². The zero-order valence-electron chi connectivity index (χ0n) is 11.8. The average molecular weight is 278 g/mol. The van der Waals surface area contributed by atoms with Gasteiger partial charge in [-0.05, 0) is 37.0 Å². The molecule has 0 radical (unpaired) electrons. The van der Waals surface area contributed by atoms with E-state index in [4.69, 9.17) is 22.7 Å². The van der Waals surface area contributed by atoms with Crippen molar-refractivity contribution in [3.05, 3.63) is 29.3 Å². The van der Waals surface area contributed by atoms with E-state index in [-0.39, 0.29) is 0 Å². The quantitative estimate of drug-likeness (QED) is 0.859. The van der Waals surface area contributed by atoms with E-state index in [1.54, 1.807) is 7.11 Å². The third kappa shape index (κ3) is 3.25. The highest BCUT2D eigenvalue weighted by Crippen LogP contribution is 2.26. The molecule has 2 rings (SSSR count). The Morgan fingerprint density at radius 2 is 2.21 bits per heavy atom. The topological polar surface area (TPSA) is 38.5 Å². The van der Waals surface area contributed by atoms with Crippen LogP contribution in [0.15, 0.2) is 18.2 Å². The Labute approximate surface area is 120 Å². The predicted molar refractivity (Wildman–Crippen MR) is 82.5 cm³/mol. The lowest BCUT2D eigenvalue weighted by Gasteiger charge is -2.21. The van der Waals surface area contributed by atoms with Crippen molar-refractivity contribution in [2.75, 3.05) is 13.7 Å². The Kier molecular flexibility index (Phi) is 4.42. The van der Waals surface area contributed by atoms with Crippen LogP contribution in [0.1, 0.15) is 31.4 Å². The van der Waals surface area contributed by atoms with Gasteiger partial charge in [-0.15, -0.1) is 0 Å². The monoisotopic (exact) mass is 278 g/mol. The minimum absolute atomic E-state index is 0.381. The van der Waals surface area contributed by atoms with Gasteiger partial charge in [-0.1, -0.05) is 25.2 Å². The van der Waals surface area contributed by atoms with Crippen molar-refractivity contribution >= 4 is 17.2 Å². The zero-order chi connectivity index (χ0) is 14.0. The van der Waals surface area contributed by atoms with E-state index in [0.29, 0.717) is 11.0 Å². The SMILES string of the molecule is COc1cc(CN2CC(C)CC2C)ccc1C(N)=S. The third-order valence-electron chi connectivity index (χ3n) is 3.83. The highest BCUT2D eigenvalue weighted by atomic mass is 32.1. The van der Waals surface area contributed by atoms with Gasteiger partial charge < -0.3 is 10.5 Å². The van der Waals surface area contributed by atoms with Gasteiger partial charge in [0.1, 0.15) is 10.7 Å². The lowest BCUT2D eigenvalue weighted by molar-refractivity contribution is 0.256. The molecule has 1 fully saturated rings. The standard InChI is InChI=1S/C15H22N2OS/c1-10-6-11(2)17(8-10)9-12-4-5-13(15(16)19)14(7-12)18-3/h4-5,7,10-11H,6,8-9H2,1-3H3,(H2,16,19). The lowest BCUT2D eigenvalue weighted by atomic mass is 10.1. The summed E-state index contributed by atoms with van der Waals surface area (Å²) in [7, 11) is 1.65. The molecule has 0 bridgehead atoms. The van der Waals surface area contributed by atoms with Crippen LogP contribution in [-0.2, 0) is 6.54 Å². The fourth-order valence-corrected chi connectivity index (χ4v) is 3.05. The second kappa shape index (κ2) is 5.88. The van der Waals surface area contributed by atoms with Crippen molar-refractivity contribution in [1.29, 1.82) is 0 Å². The van der Waals surface area contributed by atoms with Gasteiger partial charge in [-0.25, -0.2) is 0 Å². The van der Waals surface area contributed by atoms with Gasteiger partial charge in [0.2, 0.25) is 0 Å². The van der Waals surface area contributed by atoms with Crippen molar-refractivity contribution in [2.24, 2.45) is 11.7 Å². The lowest BCUT2D eigenvalue weighted by Crippen LogP contribution is -2.26. The highest BCUT2D eigenvalue weighted by molar-refractivity contribution is 7.80. The van der Waals surface area contributed by atoms with Gasteiger partial charge in [0.05, 0.1) is 12.7 Å². The van der Waals surface area contributed by atoms with Gasteiger partial charge in [-0.2, -0.15) is 0 Å². The molecule has 3 nitrogen and oxygen atoms in total. The summed E-state index contributed by atoms with van der Waals surface area (Å²) in [6, 6.07) is 6.74. The first-order valence-corrected chi connectivity index (χ1v) is 7.13. The summed E-state index contributed by atoms with van der Waals surface area (Å²) in [5.41, 5.74) is 7.74. The van der Waals surface area contributed by atoms with Crippen molar-refractivity contribution in [3.8, 4) is 5.75 Å². The number of rotatable bonds is 4. The second-order valence-corrected chi connectivity index (χ2v) is 5.96. The smallest absolute Gasteiger partial charge is 0.129 e. The Balaban J connectivity index is 2.15. The molecule has 1 aliphatic heterocycles. The number of nitrogens with two attached hydrogens (primary N) is 1. The second-order valence-electron chi connectivity index (χ2n) is 5.52. The summed E-state index contributed by atoms with van der Waals surface area (Å²) in [6.07, 6.45) is 1.28. The molecule has 0 spiro atoms. The first-order valence-electron chi connectivity index (χ1n) is 6.72.